The molecule has 7 heteroatoms. The SMILES string of the molecule is Clc1ccc(-c2nc3sccn3c2CNCCc2ccc(Cl)c(Br)c2)cc1. The number of halogens is 3. The van der Waals surface area contributed by atoms with Gasteiger partial charge in [-0.1, -0.05) is 41.4 Å². The number of thiazole rings is 1. The lowest BCUT2D eigenvalue weighted by Gasteiger charge is -2.08. The maximum atomic E-state index is 6.06. The molecule has 4 rings (SSSR count). The van der Waals surface area contributed by atoms with Gasteiger partial charge >= 0.3 is 0 Å². The molecule has 4 aromatic rings. The molecule has 2 heterocycles. The van der Waals surface area contributed by atoms with Gasteiger partial charge in [0.25, 0.3) is 0 Å². The van der Waals surface area contributed by atoms with Crippen LogP contribution >= 0.6 is 50.5 Å². The van der Waals surface area contributed by atoms with E-state index in [1.54, 1.807) is 11.3 Å². The van der Waals surface area contributed by atoms with Crippen molar-refractivity contribution in [2.75, 3.05) is 6.54 Å². The molecule has 0 amide bonds. The van der Waals surface area contributed by atoms with E-state index < -0.39 is 0 Å². The number of rotatable bonds is 6. The van der Waals surface area contributed by atoms with Crippen LogP contribution in [-0.4, -0.2) is 15.9 Å². The van der Waals surface area contributed by atoms with E-state index in [1.165, 1.54) is 5.56 Å². The highest BCUT2D eigenvalue weighted by molar-refractivity contribution is 9.10. The van der Waals surface area contributed by atoms with Crippen LogP contribution in [0.15, 0.2) is 58.5 Å². The number of hydrogen-bond acceptors (Lipinski definition) is 3. The molecule has 0 bridgehead atoms. The minimum absolute atomic E-state index is 0.730. The van der Waals surface area contributed by atoms with E-state index in [0.717, 1.165) is 55.9 Å². The molecule has 0 saturated heterocycles. The van der Waals surface area contributed by atoms with Crippen molar-refractivity contribution < 1.29 is 0 Å². The smallest absolute Gasteiger partial charge is 0.194 e. The van der Waals surface area contributed by atoms with E-state index in [0.29, 0.717) is 0 Å². The average Bonchev–Trinajstić information content (AvgIpc) is 3.24. The molecule has 0 unspecified atom stereocenters. The zero-order valence-electron chi connectivity index (χ0n) is 14.3. The summed E-state index contributed by atoms with van der Waals surface area (Å²) in [5, 5.41) is 7.07. The van der Waals surface area contributed by atoms with Gasteiger partial charge in [-0.05, 0) is 58.7 Å². The normalized spacial score (nSPS) is 11.4. The zero-order valence-corrected chi connectivity index (χ0v) is 18.2. The van der Waals surface area contributed by atoms with Crippen molar-refractivity contribution in [1.29, 1.82) is 0 Å². The summed E-state index contributed by atoms with van der Waals surface area (Å²) in [6.07, 6.45) is 3.00. The lowest BCUT2D eigenvalue weighted by molar-refractivity contribution is 0.672. The van der Waals surface area contributed by atoms with Crippen LogP contribution in [0, 0.1) is 0 Å². The molecule has 0 fully saturated rings. The van der Waals surface area contributed by atoms with Gasteiger partial charge in [0.1, 0.15) is 0 Å². The van der Waals surface area contributed by atoms with Gasteiger partial charge in [-0.25, -0.2) is 4.98 Å². The lowest BCUT2D eigenvalue weighted by Crippen LogP contribution is -2.18. The van der Waals surface area contributed by atoms with Gasteiger partial charge in [-0.15, -0.1) is 11.3 Å². The topological polar surface area (TPSA) is 29.3 Å². The van der Waals surface area contributed by atoms with Crippen molar-refractivity contribution in [2.24, 2.45) is 0 Å². The van der Waals surface area contributed by atoms with Crippen LogP contribution in [0.1, 0.15) is 11.3 Å². The molecule has 1 N–H and O–H groups in total. The number of hydrogen-bond donors (Lipinski definition) is 1. The summed E-state index contributed by atoms with van der Waals surface area (Å²) in [6, 6.07) is 13.9. The fourth-order valence-corrected chi connectivity index (χ4v) is 4.38. The second kappa shape index (κ2) is 8.33. The van der Waals surface area contributed by atoms with Crippen molar-refractivity contribution in [3.05, 3.63) is 79.8 Å². The molecule has 27 heavy (non-hydrogen) atoms. The van der Waals surface area contributed by atoms with Crippen LogP contribution in [0.4, 0.5) is 0 Å². The predicted molar refractivity (Wildman–Crippen MR) is 118 cm³/mol. The maximum absolute atomic E-state index is 6.06. The van der Waals surface area contributed by atoms with Gasteiger partial charge in [0.2, 0.25) is 0 Å². The molecule has 0 saturated carbocycles. The number of aromatic nitrogens is 2. The van der Waals surface area contributed by atoms with E-state index in [2.05, 4.69) is 49.4 Å². The Labute approximate surface area is 180 Å². The number of nitrogens with zero attached hydrogens (tertiary/aromatic N) is 2. The third-order valence-electron chi connectivity index (χ3n) is 4.35. The van der Waals surface area contributed by atoms with Gasteiger partial charge in [-0.3, -0.25) is 4.40 Å². The first-order chi connectivity index (χ1) is 13.1. The fourth-order valence-electron chi connectivity index (χ4n) is 2.98. The molecule has 0 aliphatic heterocycles. The maximum Gasteiger partial charge on any atom is 0.194 e. The van der Waals surface area contributed by atoms with Crippen LogP contribution in [-0.2, 0) is 13.0 Å². The summed E-state index contributed by atoms with van der Waals surface area (Å²) in [6.45, 7) is 1.61. The minimum atomic E-state index is 0.730. The lowest BCUT2D eigenvalue weighted by atomic mass is 10.1. The van der Waals surface area contributed by atoms with E-state index >= 15 is 0 Å². The Morgan fingerprint density at radius 1 is 1.11 bits per heavy atom. The highest BCUT2D eigenvalue weighted by Gasteiger charge is 2.14. The van der Waals surface area contributed by atoms with Crippen molar-refractivity contribution in [3.63, 3.8) is 0 Å². The summed E-state index contributed by atoms with van der Waals surface area (Å²) in [7, 11) is 0. The Kier molecular flexibility index (Phi) is 5.85. The summed E-state index contributed by atoms with van der Waals surface area (Å²) in [5.41, 5.74) is 4.48. The number of nitrogens with one attached hydrogen (secondary N) is 1. The Hall–Kier alpha value is -1.37. The van der Waals surface area contributed by atoms with Crippen molar-refractivity contribution >= 4 is 55.4 Å². The first kappa shape index (κ1) is 19.0. The Morgan fingerprint density at radius 3 is 2.70 bits per heavy atom. The molecular formula is C20H16BrCl2N3S. The number of benzene rings is 2. The Bertz CT molecular complexity index is 1070. The molecule has 0 radical (unpaired) electrons. The van der Waals surface area contributed by atoms with E-state index in [1.807, 2.05) is 30.3 Å². The van der Waals surface area contributed by atoms with Crippen molar-refractivity contribution in [2.45, 2.75) is 13.0 Å². The minimum Gasteiger partial charge on any atom is -0.311 e. The van der Waals surface area contributed by atoms with Crippen LogP contribution < -0.4 is 5.32 Å². The Morgan fingerprint density at radius 2 is 1.93 bits per heavy atom. The van der Waals surface area contributed by atoms with Crippen molar-refractivity contribution in [1.82, 2.24) is 14.7 Å². The second-order valence-electron chi connectivity index (χ2n) is 6.14. The molecule has 138 valence electrons. The van der Waals surface area contributed by atoms with Crippen LogP contribution in [0.2, 0.25) is 10.0 Å². The standard InChI is InChI=1S/C20H16BrCl2N3S/c21-16-11-13(1-6-17(16)23)7-8-24-12-18-19(14-2-4-15(22)5-3-14)25-20-26(18)9-10-27-20/h1-6,9-11,24H,7-8,12H2. The van der Waals surface area contributed by atoms with Crippen LogP contribution in [0.5, 0.6) is 0 Å². The first-order valence-electron chi connectivity index (χ1n) is 8.47. The summed E-state index contributed by atoms with van der Waals surface area (Å²) in [4.78, 5) is 5.81. The molecule has 2 aromatic carbocycles. The summed E-state index contributed by atoms with van der Waals surface area (Å²) >= 11 is 17.2. The van der Waals surface area contributed by atoms with E-state index in [9.17, 15) is 0 Å². The zero-order chi connectivity index (χ0) is 18.8. The molecule has 3 nitrogen and oxygen atoms in total. The van der Waals surface area contributed by atoms with Gasteiger partial charge in [0.15, 0.2) is 4.96 Å². The molecule has 0 spiro atoms. The third kappa shape index (κ3) is 4.23. The first-order valence-corrected chi connectivity index (χ1v) is 10.9. The van der Waals surface area contributed by atoms with Crippen molar-refractivity contribution in [3.8, 4) is 11.3 Å². The fraction of sp³-hybridized carbons (Fsp3) is 0.150. The van der Waals surface area contributed by atoms with Gasteiger partial charge in [-0.2, -0.15) is 0 Å². The van der Waals surface area contributed by atoms with Gasteiger partial charge in [0, 0.05) is 33.2 Å². The number of imidazole rings is 1. The highest BCUT2D eigenvalue weighted by Crippen LogP contribution is 2.28. The van der Waals surface area contributed by atoms with E-state index in [-0.39, 0.29) is 0 Å². The molecule has 0 aliphatic carbocycles. The predicted octanol–water partition coefficient (Wildman–Crippen LogP) is 6.46. The molecular weight excluding hydrogens is 465 g/mol. The number of fused-ring (bicyclic) bond motifs is 1. The molecule has 2 aromatic heterocycles. The average molecular weight is 481 g/mol. The molecule has 0 atom stereocenters. The Balaban J connectivity index is 1.49. The van der Waals surface area contributed by atoms with E-state index in [4.69, 9.17) is 28.2 Å². The van der Waals surface area contributed by atoms with Gasteiger partial charge < -0.3 is 5.32 Å². The highest BCUT2D eigenvalue weighted by atomic mass is 79.9. The van der Waals surface area contributed by atoms with Crippen LogP contribution in [0.3, 0.4) is 0 Å². The summed E-state index contributed by atoms with van der Waals surface area (Å²) in [5.74, 6) is 0. The van der Waals surface area contributed by atoms with Crippen LogP contribution in [0.25, 0.3) is 16.2 Å². The largest absolute Gasteiger partial charge is 0.311 e. The quantitative estimate of drug-likeness (QED) is 0.320. The second-order valence-corrected chi connectivity index (χ2v) is 8.72. The molecule has 0 aliphatic rings. The third-order valence-corrected chi connectivity index (χ3v) is 6.57. The summed E-state index contributed by atoms with van der Waals surface area (Å²) < 4.78 is 3.09. The van der Waals surface area contributed by atoms with Gasteiger partial charge in [0.05, 0.1) is 16.4 Å². The monoisotopic (exact) mass is 479 g/mol.